The zero-order valence-corrected chi connectivity index (χ0v) is 12.3. The standard InChI is InChI=1S/C13H26N2O2S/c1-13(2)11(14)8-12(13)15-18(16,17)9-10-6-4-3-5-7-10/h10-12,15H,3-9,14H2,1-2H3. The van der Waals surface area contributed by atoms with Crippen LogP contribution in [0.2, 0.25) is 0 Å². The Labute approximate surface area is 111 Å². The van der Waals surface area contributed by atoms with E-state index in [1.807, 2.05) is 13.8 Å². The molecule has 0 saturated heterocycles. The van der Waals surface area contributed by atoms with Gasteiger partial charge in [-0.05, 0) is 30.6 Å². The van der Waals surface area contributed by atoms with Crippen LogP contribution in [0.1, 0.15) is 52.4 Å². The number of rotatable bonds is 4. The Morgan fingerprint density at radius 1 is 1.22 bits per heavy atom. The fourth-order valence-corrected chi connectivity index (χ4v) is 4.97. The fraction of sp³-hybridized carbons (Fsp3) is 1.00. The molecule has 2 rings (SSSR count). The summed E-state index contributed by atoms with van der Waals surface area (Å²) in [4.78, 5) is 0. The molecule has 106 valence electrons. The van der Waals surface area contributed by atoms with Crippen molar-refractivity contribution in [1.82, 2.24) is 4.72 Å². The first-order valence-electron chi connectivity index (χ1n) is 7.07. The van der Waals surface area contributed by atoms with Crippen molar-refractivity contribution in [3.05, 3.63) is 0 Å². The summed E-state index contributed by atoms with van der Waals surface area (Å²) < 4.78 is 27.1. The Bertz CT molecular complexity index is 386. The van der Waals surface area contributed by atoms with E-state index in [2.05, 4.69) is 4.72 Å². The molecule has 2 atom stereocenters. The summed E-state index contributed by atoms with van der Waals surface area (Å²) in [6.07, 6.45) is 6.51. The SMILES string of the molecule is CC1(C)C(N)CC1NS(=O)(=O)CC1CCCCC1. The zero-order valence-electron chi connectivity index (χ0n) is 11.5. The molecule has 4 nitrogen and oxygen atoms in total. The molecule has 0 aromatic rings. The van der Waals surface area contributed by atoms with Crippen molar-refractivity contribution in [2.75, 3.05) is 5.75 Å². The minimum Gasteiger partial charge on any atom is -0.327 e. The second kappa shape index (κ2) is 5.10. The van der Waals surface area contributed by atoms with Crippen molar-refractivity contribution in [1.29, 1.82) is 0 Å². The van der Waals surface area contributed by atoms with Crippen LogP contribution in [0.25, 0.3) is 0 Å². The Hall–Kier alpha value is -0.130. The van der Waals surface area contributed by atoms with Gasteiger partial charge in [-0.2, -0.15) is 0 Å². The van der Waals surface area contributed by atoms with E-state index in [0.717, 1.165) is 19.3 Å². The minimum atomic E-state index is -3.14. The lowest BCUT2D eigenvalue weighted by atomic mass is 9.64. The number of nitrogens with two attached hydrogens (primary N) is 1. The second-order valence-corrected chi connectivity index (χ2v) is 8.42. The Morgan fingerprint density at radius 2 is 1.83 bits per heavy atom. The number of hydrogen-bond acceptors (Lipinski definition) is 3. The molecule has 0 spiro atoms. The molecule has 2 saturated carbocycles. The molecule has 2 fully saturated rings. The van der Waals surface area contributed by atoms with Crippen molar-refractivity contribution < 1.29 is 8.42 Å². The molecular weight excluding hydrogens is 248 g/mol. The van der Waals surface area contributed by atoms with E-state index in [4.69, 9.17) is 5.73 Å². The third kappa shape index (κ3) is 3.06. The lowest BCUT2D eigenvalue weighted by Gasteiger charge is -2.50. The van der Waals surface area contributed by atoms with Crippen LogP contribution in [0, 0.1) is 11.3 Å². The van der Waals surface area contributed by atoms with Gasteiger partial charge in [0.05, 0.1) is 5.75 Å². The van der Waals surface area contributed by atoms with Crippen LogP contribution < -0.4 is 10.5 Å². The lowest BCUT2D eigenvalue weighted by molar-refractivity contribution is 0.0902. The maximum atomic E-state index is 12.1. The topological polar surface area (TPSA) is 72.2 Å². The average Bonchev–Trinajstić information content (AvgIpc) is 2.29. The van der Waals surface area contributed by atoms with Gasteiger partial charge in [-0.25, -0.2) is 13.1 Å². The molecular formula is C13H26N2O2S. The van der Waals surface area contributed by atoms with E-state index >= 15 is 0 Å². The van der Waals surface area contributed by atoms with Crippen molar-refractivity contribution in [3.8, 4) is 0 Å². The molecule has 0 aliphatic heterocycles. The zero-order chi connectivity index (χ0) is 13.4. The number of sulfonamides is 1. The Morgan fingerprint density at radius 3 is 2.33 bits per heavy atom. The summed E-state index contributed by atoms with van der Waals surface area (Å²) >= 11 is 0. The molecule has 0 bridgehead atoms. The highest BCUT2D eigenvalue weighted by Crippen LogP contribution is 2.39. The van der Waals surface area contributed by atoms with Crippen molar-refractivity contribution in [2.24, 2.45) is 17.1 Å². The molecule has 0 amide bonds. The summed E-state index contributed by atoms with van der Waals surface area (Å²) in [7, 11) is -3.14. The summed E-state index contributed by atoms with van der Waals surface area (Å²) in [6.45, 7) is 4.07. The first kappa shape index (κ1) is 14.3. The van der Waals surface area contributed by atoms with E-state index in [1.54, 1.807) is 0 Å². The Balaban J connectivity index is 1.88. The molecule has 0 aromatic heterocycles. The first-order valence-corrected chi connectivity index (χ1v) is 8.72. The number of nitrogens with one attached hydrogen (secondary N) is 1. The van der Waals surface area contributed by atoms with Crippen LogP contribution in [-0.4, -0.2) is 26.3 Å². The van der Waals surface area contributed by atoms with E-state index < -0.39 is 10.0 Å². The third-order valence-corrected chi connectivity index (χ3v) is 6.40. The predicted octanol–water partition coefficient (Wildman–Crippen LogP) is 1.61. The summed E-state index contributed by atoms with van der Waals surface area (Å²) in [5.41, 5.74) is 5.80. The lowest BCUT2D eigenvalue weighted by Crippen LogP contribution is -2.64. The molecule has 18 heavy (non-hydrogen) atoms. The largest absolute Gasteiger partial charge is 0.327 e. The molecule has 2 aliphatic carbocycles. The van der Waals surface area contributed by atoms with Gasteiger partial charge in [-0.15, -0.1) is 0 Å². The highest BCUT2D eigenvalue weighted by Gasteiger charge is 2.47. The van der Waals surface area contributed by atoms with Gasteiger partial charge < -0.3 is 5.73 Å². The van der Waals surface area contributed by atoms with Crippen LogP contribution in [0.15, 0.2) is 0 Å². The van der Waals surface area contributed by atoms with E-state index in [9.17, 15) is 8.42 Å². The monoisotopic (exact) mass is 274 g/mol. The second-order valence-electron chi connectivity index (χ2n) is 6.62. The van der Waals surface area contributed by atoms with Gasteiger partial charge in [0.15, 0.2) is 0 Å². The third-order valence-electron chi connectivity index (χ3n) is 4.85. The van der Waals surface area contributed by atoms with Crippen molar-refractivity contribution in [2.45, 2.75) is 64.5 Å². The van der Waals surface area contributed by atoms with Gasteiger partial charge in [0.1, 0.15) is 0 Å². The number of hydrogen-bond donors (Lipinski definition) is 2. The maximum Gasteiger partial charge on any atom is 0.212 e. The van der Waals surface area contributed by atoms with Crippen LogP contribution in [-0.2, 0) is 10.0 Å². The predicted molar refractivity (Wildman–Crippen MR) is 73.7 cm³/mol. The quantitative estimate of drug-likeness (QED) is 0.818. The summed E-state index contributed by atoms with van der Waals surface area (Å²) in [5.74, 6) is 0.655. The van der Waals surface area contributed by atoms with Gasteiger partial charge in [0.2, 0.25) is 10.0 Å². The Kier molecular flexibility index (Phi) is 4.04. The van der Waals surface area contributed by atoms with Gasteiger partial charge in [-0.3, -0.25) is 0 Å². The summed E-state index contributed by atoms with van der Waals surface area (Å²) in [5, 5.41) is 0. The van der Waals surface area contributed by atoms with Crippen molar-refractivity contribution >= 4 is 10.0 Å². The molecule has 3 N–H and O–H groups in total. The van der Waals surface area contributed by atoms with Gasteiger partial charge in [-0.1, -0.05) is 33.1 Å². The molecule has 5 heteroatoms. The minimum absolute atomic E-state index is 0.0149. The molecule has 2 aliphatic rings. The van der Waals surface area contributed by atoms with Crippen molar-refractivity contribution in [3.63, 3.8) is 0 Å². The van der Waals surface area contributed by atoms with E-state index in [1.165, 1.54) is 19.3 Å². The van der Waals surface area contributed by atoms with Crippen LogP contribution >= 0.6 is 0 Å². The van der Waals surface area contributed by atoms with Gasteiger partial charge in [0.25, 0.3) is 0 Å². The fourth-order valence-electron chi connectivity index (χ4n) is 3.09. The van der Waals surface area contributed by atoms with E-state index in [0.29, 0.717) is 11.7 Å². The van der Waals surface area contributed by atoms with Crippen LogP contribution in [0.5, 0.6) is 0 Å². The van der Waals surface area contributed by atoms with Crippen LogP contribution in [0.3, 0.4) is 0 Å². The van der Waals surface area contributed by atoms with E-state index in [-0.39, 0.29) is 17.5 Å². The molecule has 0 heterocycles. The summed E-state index contributed by atoms with van der Waals surface area (Å²) in [6, 6.07) is 0.126. The molecule has 0 radical (unpaired) electrons. The van der Waals surface area contributed by atoms with Gasteiger partial charge in [0, 0.05) is 12.1 Å². The average molecular weight is 274 g/mol. The molecule has 0 aromatic carbocycles. The smallest absolute Gasteiger partial charge is 0.212 e. The van der Waals surface area contributed by atoms with Crippen LogP contribution in [0.4, 0.5) is 0 Å². The highest BCUT2D eigenvalue weighted by atomic mass is 32.2. The highest BCUT2D eigenvalue weighted by molar-refractivity contribution is 7.89. The first-order chi connectivity index (χ1) is 8.31. The van der Waals surface area contributed by atoms with Gasteiger partial charge >= 0.3 is 0 Å². The molecule has 2 unspecified atom stereocenters. The maximum absolute atomic E-state index is 12.1. The normalized spacial score (nSPS) is 33.1.